The van der Waals surface area contributed by atoms with Gasteiger partial charge in [0, 0.05) is 43.0 Å². The van der Waals surface area contributed by atoms with E-state index in [1.165, 1.54) is 6.07 Å². The molecular formula is C33H31ClFN5O4. The summed E-state index contributed by atoms with van der Waals surface area (Å²) >= 11 is 5.98. The van der Waals surface area contributed by atoms with Gasteiger partial charge in [0.05, 0.1) is 35.0 Å². The minimum Gasteiger partial charge on any atom is -0.478 e. The maximum atomic E-state index is 14.8. The van der Waals surface area contributed by atoms with Crippen molar-refractivity contribution in [1.29, 1.82) is 0 Å². The van der Waals surface area contributed by atoms with Gasteiger partial charge in [0.1, 0.15) is 11.6 Å². The van der Waals surface area contributed by atoms with Crippen LogP contribution in [0, 0.1) is 5.82 Å². The molecule has 1 atom stereocenters. The number of fused-ring (bicyclic) bond motifs is 2. The molecule has 226 valence electrons. The number of imidazole rings is 2. The monoisotopic (exact) mass is 615 g/mol. The molecule has 1 fully saturated rings. The van der Waals surface area contributed by atoms with Crippen LogP contribution in [0.15, 0.2) is 73.3 Å². The predicted octanol–water partition coefficient (Wildman–Crippen LogP) is 6.45. The zero-order chi connectivity index (χ0) is 30.4. The molecule has 11 heteroatoms. The van der Waals surface area contributed by atoms with E-state index in [0.717, 1.165) is 48.4 Å². The van der Waals surface area contributed by atoms with Crippen LogP contribution in [0.2, 0.25) is 5.02 Å². The molecule has 0 aliphatic carbocycles. The highest BCUT2D eigenvalue weighted by Crippen LogP contribution is 2.49. The summed E-state index contributed by atoms with van der Waals surface area (Å²) in [6, 6.07) is 15.5. The molecular weight excluding hydrogens is 585 g/mol. The number of carboxylic acid groups (broad SMARTS) is 1. The number of aryl methyl sites for hydroxylation is 2. The molecule has 4 heterocycles. The number of aromatic carboxylic acids is 1. The highest BCUT2D eigenvalue weighted by Gasteiger charge is 2.43. The Kier molecular flexibility index (Phi) is 7.26. The lowest BCUT2D eigenvalue weighted by Gasteiger charge is -2.32. The van der Waals surface area contributed by atoms with Gasteiger partial charge >= 0.3 is 5.97 Å². The standard InChI is InChI=1S/C33H31ClFN5O4/c1-33(25-7-6-23(34)18-26(25)35)43-29-4-2-3-24(31(29)44-33)21-9-12-38(13-10-21)19-30-37-27-8-5-22(32(41)42)17-28(27)40(30)16-15-39-14-11-36-20-39/h2-8,11,14,17-18,20-21H,9-10,12-13,15-16,19H2,1H3,(H,41,42). The molecule has 0 saturated carbocycles. The Balaban J connectivity index is 1.08. The van der Waals surface area contributed by atoms with E-state index in [1.807, 2.05) is 22.9 Å². The number of hydrogen-bond acceptors (Lipinski definition) is 6. The summed E-state index contributed by atoms with van der Waals surface area (Å²) < 4.78 is 31.5. The number of nitrogens with zero attached hydrogens (tertiary/aromatic N) is 5. The number of carboxylic acids is 1. The molecule has 1 N–H and O–H groups in total. The lowest BCUT2D eigenvalue weighted by Crippen LogP contribution is -2.34. The SMILES string of the molecule is CC1(c2ccc(Cl)cc2F)Oc2cccc(C3CCN(Cc4nc5ccc(C(=O)O)cc5n4CCn4ccnc4)CC3)c2O1. The van der Waals surface area contributed by atoms with Crippen molar-refractivity contribution in [1.82, 2.24) is 24.0 Å². The molecule has 3 aromatic carbocycles. The average Bonchev–Trinajstić information content (AvgIpc) is 3.73. The second kappa shape index (κ2) is 11.3. The Morgan fingerprint density at radius 2 is 1.95 bits per heavy atom. The molecule has 0 spiro atoms. The number of para-hydroxylation sites is 1. The van der Waals surface area contributed by atoms with Gasteiger partial charge in [-0.15, -0.1) is 0 Å². The molecule has 0 bridgehead atoms. The van der Waals surface area contributed by atoms with Crippen LogP contribution in [0.25, 0.3) is 11.0 Å². The van der Waals surface area contributed by atoms with Crippen LogP contribution in [0.5, 0.6) is 11.5 Å². The van der Waals surface area contributed by atoms with E-state index in [-0.39, 0.29) is 11.5 Å². The number of carbonyl (C=O) groups is 1. The molecule has 7 rings (SSSR count). The van der Waals surface area contributed by atoms with Gasteiger partial charge in [-0.25, -0.2) is 19.2 Å². The number of piperidine rings is 1. The van der Waals surface area contributed by atoms with Crippen molar-refractivity contribution in [2.45, 2.75) is 51.1 Å². The largest absolute Gasteiger partial charge is 0.478 e. The minimum atomic E-state index is -1.29. The van der Waals surface area contributed by atoms with Crippen LogP contribution in [0.1, 0.15) is 53.0 Å². The van der Waals surface area contributed by atoms with Gasteiger partial charge in [0.15, 0.2) is 11.5 Å². The van der Waals surface area contributed by atoms with Crippen LogP contribution in [0.4, 0.5) is 4.39 Å². The van der Waals surface area contributed by atoms with Crippen molar-refractivity contribution < 1.29 is 23.8 Å². The highest BCUT2D eigenvalue weighted by molar-refractivity contribution is 6.30. The summed E-state index contributed by atoms with van der Waals surface area (Å²) in [6.45, 7) is 5.41. The summed E-state index contributed by atoms with van der Waals surface area (Å²) in [5, 5.41) is 9.90. The van der Waals surface area contributed by atoms with E-state index in [4.69, 9.17) is 26.1 Å². The molecule has 2 aliphatic rings. The molecule has 0 radical (unpaired) electrons. The van der Waals surface area contributed by atoms with Crippen LogP contribution < -0.4 is 9.47 Å². The molecule has 0 amide bonds. The van der Waals surface area contributed by atoms with E-state index in [9.17, 15) is 14.3 Å². The van der Waals surface area contributed by atoms with Crippen LogP contribution in [0.3, 0.4) is 0 Å². The van der Waals surface area contributed by atoms with Crippen molar-refractivity contribution in [2.75, 3.05) is 13.1 Å². The van der Waals surface area contributed by atoms with E-state index >= 15 is 0 Å². The number of aromatic nitrogens is 4. The third-order valence-corrected chi connectivity index (χ3v) is 8.87. The fourth-order valence-corrected chi connectivity index (χ4v) is 6.51. The summed E-state index contributed by atoms with van der Waals surface area (Å²) in [4.78, 5) is 23.1. The van der Waals surface area contributed by atoms with E-state index < -0.39 is 17.6 Å². The van der Waals surface area contributed by atoms with Gasteiger partial charge in [0.2, 0.25) is 0 Å². The van der Waals surface area contributed by atoms with Gasteiger partial charge in [-0.3, -0.25) is 4.90 Å². The Hall–Kier alpha value is -4.41. The molecule has 1 saturated heterocycles. The molecule has 5 aromatic rings. The fourth-order valence-electron chi connectivity index (χ4n) is 6.35. The molecule has 44 heavy (non-hydrogen) atoms. The number of benzene rings is 3. The second-order valence-corrected chi connectivity index (χ2v) is 11.9. The van der Waals surface area contributed by atoms with Crippen molar-refractivity contribution in [3.8, 4) is 11.5 Å². The number of likely N-dealkylation sites (tertiary alicyclic amines) is 1. The maximum Gasteiger partial charge on any atom is 0.335 e. The van der Waals surface area contributed by atoms with E-state index in [1.54, 1.807) is 49.8 Å². The molecule has 2 aromatic heterocycles. The number of hydrogen-bond donors (Lipinski definition) is 1. The smallest absolute Gasteiger partial charge is 0.335 e. The van der Waals surface area contributed by atoms with Gasteiger partial charge < -0.3 is 23.7 Å². The van der Waals surface area contributed by atoms with Crippen molar-refractivity contribution >= 4 is 28.6 Å². The first-order valence-corrected chi connectivity index (χ1v) is 15.0. The molecule has 2 aliphatic heterocycles. The lowest BCUT2D eigenvalue weighted by molar-refractivity contribution is -0.0712. The topological polar surface area (TPSA) is 94.6 Å². The average molecular weight is 616 g/mol. The molecule has 9 nitrogen and oxygen atoms in total. The highest BCUT2D eigenvalue weighted by atomic mass is 35.5. The van der Waals surface area contributed by atoms with Gasteiger partial charge in [-0.05, 0) is 74.3 Å². The van der Waals surface area contributed by atoms with Gasteiger partial charge in [-0.1, -0.05) is 23.7 Å². The van der Waals surface area contributed by atoms with Gasteiger partial charge in [-0.2, -0.15) is 0 Å². The Morgan fingerprint density at radius 1 is 1.11 bits per heavy atom. The summed E-state index contributed by atoms with van der Waals surface area (Å²) in [6.07, 6.45) is 7.25. The molecule has 1 unspecified atom stereocenters. The Labute approximate surface area is 258 Å². The first-order chi connectivity index (χ1) is 21.3. The Morgan fingerprint density at radius 3 is 2.70 bits per heavy atom. The first-order valence-electron chi connectivity index (χ1n) is 14.6. The normalized spacial score (nSPS) is 18.7. The second-order valence-electron chi connectivity index (χ2n) is 11.5. The van der Waals surface area contributed by atoms with Crippen molar-refractivity contribution in [2.24, 2.45) is 0 Å². The number of ether oxygens (including phenoxy) is 2. The number of rotatable bonds is 8. The maximum absolute atomic E-state index is 14.8. The van der Waals surface area contributed by atoms with Crippen molar-refractivity contribution in [3.63, 3.8) is 0 Å². The predicted molar refractivity (Wildman–Crippen MR) is 163 cm³/mol. The number of halogens is 2. The van der Waals surface area contributed by atoms with Crippen LogP contribution >= 0.6 is 11.6 Å². The van der Waals surface area contributed by atoms with Crippen LogP contribution in [-0.4, -0.2) is 48.2 Å². The lowest BCUT2D eigenvalue weighted by atomic mass is 9.88. The van der Waals surface area contributed by atoms with Gasteiger partial charge in [0.25, 0.3) is 5.79 Å². The minimum absolute atomic E-state index is 0.241. The summed E-state index contributed by atoms with van der Waals surface area (Å²) in [5.74, 6) is -0.299. The van der Waals surface area contributed by atoms with Crippen molar-refractivity contribution in [3.05, 3.63) is 107 Å². The third kappa shape index (κ3) is 5.28. The fraction of sp³-hybridized carbons (Fsp3) is 0.303. The summed E-state index contributed by atoms with van der Waals surface area (Å²) in [7, 11) is 0. The zero-order valence-corrected chi connectivity index (χ0v) is 24.9. The zero-order valence-electron chi connectivity index (χ0n) is 24.1. The summed E-state index contributed by atoms with van der Waals surface area (Å²) in [5.41, 5.74) is 3.19. The van der Waals surface area contributed by atoms with E-state index in [0.29, 0.717) is 41.7 Å². The third-order valence-electron chi connectivity index (χ3n) is 8.64. The first kappa shape index (κ1) is 28.4. The Bertz CT molecular complexity index is 1850. The quantitative estimate of drug-likeness (QED) is 0.214. The van der Waals surface area contributed by atoms with Crippen LogP contribution in [-0.2, 0) is 25.4 Å². The van der Waals surface area contributed by atoms with E-state index in [2.05, 4.69) is 20.5 Å².